The second kappa shape index (κ2) is 5.26. The van der Waals surface area contributed by atoms with Crippen LogP contribution in [0.5, 0.6) is 0 Å². The number of hydrogen-bond donors (Lipinski definition) is 3. The molecule has 1 aromatic rings. The number of nitrogens with two attached hydrogens (primary N) is 1. The highest BCUT2D eigenvalue weighted by molar-refractivity contribution is 5.99. The predicted octanol–water partition coefficient (Wildman–Crippen LogP) is 1.32. The van der Waals surface area contributed by atoms with Crippen LogP contribution in [0.1, 0.15) is 35.6 Å². The number of rotatable bonds is 5. The van der Waals surface area contributed by atoms with E-state index in [0.29, 0.717) is 16.9 Å². The van der Waals surface area contributed by atoms with Crippen LogP contribution in [0.2, 0.25) is 0 Å². The first-order valence-corrected chi connectivity index (χ1v) is 5.90. The first-order chi connectivity index (χ1) is 8.65. The third kappa shape index (κ3) is 3.43. The van der Waals surface area contributed by atoms with E-state index < -0.39 is 17.3 Å². The molecule has 0 unspecified atom stereocenters. The van der Waals surface area contributed by atoms with Gasteiger partial charge in [0.2, 0.25) is 0 Å². The number of aryl methyl sites for hydroxylation is 2. The average Bonchev–Trinajstić information content (AvgIpc) is 2.24. The second-order valence-corrected chi connectivity index (χ2v) is 5.18. The normalized spacial score (nSPS) is 11.2. The Kier molecular flexibility index (Phi) is 4.14. The lowest BCUT2D eigenvalue weighted by atomic mass is 9.93. The molecule has 0 radical (unpaired) electrons. The van der Waals surface area contributed by atoms with Crippen molar-refractivity contribution >= 4 is 17.6 Å². The zero-order chi connectivity index (χ0) is 14.8. The minimum Gasteiger partial charge on any atom is -0.481 e. The number of carbonyl (C=O) groups excluding carboxylic acids is 1. The Labute approximate surface area is 112 Å². The lowest BCUT2D eigenvalue weighted by molar-refractivity contribution is -0.146. The quantitative estimate of drug-likeness (QED) is 0.744. The summed E-state index contributed by atoms with van der Waals surface area (Å²) in [5, 5.41) is 12.0. The summed E-state index contributed by atoms with van der Waals surface area (Å²) in [6, 6.07) is 1.69. The first-order valence-electron chi connectivity index (χ1n) is 5.90. The molecule has 1 amide bonds. The molecule has 0 aliphatic heterocycles. The van der Waals surface area contributed by atoms with Gasteiger partial charge < -0.3 is 16.2 Å². The van der Waals surface area contributed by atoms with Crippen molar-refractivity contribution in [2.75, 3.05) is 11.9 Å². The summed E-state index contributed by atoms with van der Waals surface area (Å²) in [7, 11) is 0. The van der Waals surface area contributed by atoms with Crippen LogP contribution in [0.3, 0.4) is 0 Å². The number of nitrogens with zero attached hydrogens (tertiary/aromatic N) is 1. The molecule has 0 atom stereocenters. The molecule has 0 bridgehead atoms. The fourth-order valence-corrected chi connectivity index (χ4v) is 1.67. The van der Waals surface area contributed by atoms with Crippen LogP contribution in [0.25, 0.3) is 0 Å². The van der Waals surface area contributed by atoms with Crippen molar-refractivity contribution in [3.63, 3.8) is 0 Å². The maximum Gasteiger partial charge on any atom is 0.310 e. The third-order valence-electron chi connectivity index (χ3n) is 2.87. The maximum atomic E-state index is 11.4. The summed E-state index contributed by atoms with van der Waals surface area (Å²) in [5.41, 5.74) is 6.47. The highest BCUT2D eigenvalue weighted by Gasteiger charge is 2.27. The van der Waals surface area contributed by atoms with Gasteiger partial charge in [0, 0.05) is 12.2 Å². The van der Waals surface area contributed by atoms with Gasteiger partial charge in [0.15, 0.2) is 0 Å². The topological polar surface area (TPSA) is 105 Å². The summed E-state index contributed by atoms with van der Waals surface area (Å²) in [6.45, 7) is 6.89. The standard InChI is InChI=1S/C13H19N3O3/c1-7-5-9(10(11(14)17)8(2)16-7)15-6-13(3,4)12(18)19/h5H,6H2,1-4H3,(H2,14,17)(H,15,16)(H,18,19). The van der Waals surface area contributed by atoms with Crippen molar-refractivity contribution in [2.24, 2.45) is 11.1 Å². The highest BCUT2D eigenvalue weighted by atomic mass is 16.4. The summed E-state index contributed by atoms with van der Waals surface area (Å²) in [4.78, 5) is 26.7. The van der Waals surface area contributed by atoms with E-state index in [0.717, 1.165) is 5.69 Å². The van der Waals surface area contributed by atoms with Gasteiger partial charge in [0.05, 0.1) is 22.4 Å². The van der Waals surface area contributed by atoms with E-state index in [-0.39, 0.29) is 6.54 Å². The monoisotopic (exact) mass is 265 g/mol. The Bertz CT molecular complexity index is 524. The van der Waals surface area contributed by atoms with Gasteiger partial charge in [-0.15, -0.1) is 0 Å². The van der Waals surface area contributed by atoms with E-state index >= 15 is 0 Å². The van der Waals surface area contributed by atoms with Gasteiger partial charge in [0.1, 0.15) is 0 Å². The molecule has 0 fully saturated rings. The molecule has 6 nitrogen and oxygen atoms in total. The molecule has 0 saturated carbocycles. The molecule has 104 valence electrons. The summed E-state index contributed by atoms with van der Waals surface area (Å²) < 4.78 is 0. The SMILES string of the molecule is Cc1cc(NCC(C)(C)C(=O)O)c(C(N)=O)c(C)n1. The largest absolute Gasteiger partial charge is 0.481 e. The molecule has 1 rings (SSSR count). The second-order valence-electron chi connectivity index (χ2n) is 5.18. The smallest absolute Gasteiger partial charge is 0.310 e. The lowest BCUT2D eigenvalue weighted by Crippen LogP contribution is -2.32. The van der Waals surface area contributed by atoms with Crippen molar-refractivity contribution in [2.45, 2.75) is 27.7 Å². The fraction of sp³-hybridized carbons (Fsp3) is 0.462. The van der Waals surface area contributed by atoms with Crippen molar-refractivity contribution in [1.82, 2.24) is 4.98 Å². The Morgan fingerprint density at radius 1 is 1.42 bits per heavy atom. The number of aliphatic carboxylic acids is 1. The van der Waals surface area contributed by atoms with Crippen LogP contribution in [0.4, 0.5) is 5.69 Å². The van der Waals surface area contributed by atoms with Crippen LogP contribution in [-0.2, 0) is 4.79 Å². The first kappa shape index (κ1) is 14.9. The predicted molar refractivity (Wildman–Crippen MR) is 72.1 cm³/mol. The van der Waals surface area contributed by atoms with E-state index in [2.05, 4.69) is 10.3 Å². The summed E-state index contributed by atoms with van der Waals surface area (Å²) in [5.74, 6) is -1.50. The third-order valence-corrected chi connectivity index (χ3v) is 2.87. The van der Waals surface area contributed by atoms with Crippen molar-refractivity contribution in [1.29, 1.82) is 0 Å². The van der Waals surface area contributed by atoms with Gasteiger partial charge in [-0.3, -0.25) is 14.6 Å². The maximum absolute atomic E-state index is 11.4. The minimum atomic E-state index is -0.944. The van der Waals surface area contributed by atoms with Gasteiger partial charge in [0.25, 0.3) is 5.91 Å². The van der Waals surface area contributed by atoms with Gasteiger partial charge in [-0.05, 0) is 33.8 Å². The molecule has 1 aromatic heterocycles. The molecular weight excluding hydrogens is 246 g/mol. The molecule has 6 heteroatoms. The van der Waals surface area contributed by atoms with Gasteiger partial charge >= 0.3 is 5.97 Å². The molecule has 0 saturated heterocycles. The number of carboxylic acid groups (broad SMARTS) is 1. The zero-order valence-electron chi connectivity index (χ0n) is 11.6. The van der Waals surface area contributed by atoms with Crippen LogP contribution >= 0.6 is 0 Å². The molecule has 0 aliphatic rings. The van der Waals surface area contributed by atoms with Crippen LogP contribution in [0.15, 0.2) is 6.07 Å². The van der Waals surface area contributed by atoms with E-state index in [4.69, 9.17) is 10.8 Å². The Hall–Kier alpha value is -2.11. The number of nitrogens with one attached hydrogen (secondary N) is 1. The fourth-order valence-electron chi connectivity index (χ4n) is 1.67. The number of pyridine rings is 1. The summed E-state index contributed by atoms with van der Waals surface area (Å²) >= 11 is 0. The minimum absolute atomic E-state index is 0.186. The van der Waals surface area contributed by atoms with Crippen molar-refractivity contribution < 1.29 is 14.7 Å². The molecule has 1 heterocycles. The Morgan fingerprint density at radius 3 is 2.47 bits per heavy atom. The zero-order valence-corrected chi connectivity index (χ0v) is 11.6. The van der Waals surface area contributed by atoms with Gasteiger partial charge in [-0.1, -0.05) is 0 Å². The molecule has 19 heavy (non-hydrogen) atoms. The van der Waals surface area contributed by atoms with Gasteiger partial charge in [-0.2, -0.15) is 0 Å². The van der Waals surface area contributed by atoms with E-state index in [9.17, 15) is 9.59 Å². The lowest BCUT2D eigenvalue weighted by Gasteiger charge is -2.21. The number of amides is 1. The Morgan fingerprint density at radius 2 is 2.00 bits per heavy atom. The summed E-state index contributed by atoms with van der Waals surface area (Å²) in [6.07, 6.45) is 0. The van der Waals surface area contributed by atoms with Gasteiger partial charge in [-0.25, -0.2) is 0 Å². The number of hydrogen-bond acceptors (Lipinski definition) is 4. The number of anilines is 1. The van der Waals surface area contributed by atoms with E-state index in [1.165, 1.54) is 0 Å². The number of primary amides is 1. The van der Waals surface area contributed by atoms with Crippen molar-refractivity contribution in [3.05, 3.63) is 23.0 Å². The number of carbonyl (C=O) groups is 2. The van der Waals surface area contributed by atoms with E-state index in [1.54, 1.807) is 33.8 Å². The van der Waals surface area contributed by atoms with Crippen LogP contribution in [0, 0.1) is 19.3 Å². The van der Waals surface area contributed by atoms with Crippen molar-refractivity contribution in [3.8, 4) is 0 Å². The molecule has 0 aliphatic carbocycles. The molecule has 0 aromatic carbocycles. The van der Waals surface area contributed by atoms with E-state index in [1.807, 2.05) is 0 Å². The highest BCUT2D eigenvalue weighted by Crippen LogP contribution is 2.22. The van der Waals surface area contributed by atoms with Crippen LogP contribution in [-0.4, -0.2) is 28.5 Å². The number of carboxylic acids is 1. The molecule has 0 spiro atoms. The number of aromatic nitrogens is 1. The van der Waals surface area contributed by atoms with Crippen LogP contribution < -0.4 is 11.1 Å². The molecule has 4 N–H and O–H groups in total. The average molecular weight is 265 g/mol. The Balaban J connectivity index is 3.07. The molecular formula is C13H19N3O3.